The number of amides is 3. The molecule has 2 aliphatic rings. The number of carbonyl (C=O) groups excluding carboxylic acids is 4. The lowest BCUT2D eigenvalue weighted by Crippen LogP contribution is -2.59. The molecule has 0 radical (unpaired) electrons. The monoisotopic (exact) mass is 449 g/mol. The maximum absolute atomic E-state index is 12.7. The van der Waals surface area contributed by atoms with Crippen LogP contribution >= 0.6 is 0 Å². The van der Waals surface area contributed by atoms with Crippen LogP contribution in [-0.4, -0.2) is 72.3 Å². The Hall–Kier alpha value is -3.68. The molecule has 4 rings (SSSR count). The van der Waals surface area contributed by atoms with Gasteiger partial charge in [0.25, 0.3) is 0 Å². The van der Waals surface area contributed by atoms with Crippen molar-refractivity contribution in [1.82, 2.24) is 15.1 Å². The average molecular weight is 450 g/mol. The summed E-state index contributed by atoms with van der Waals surface area (Å²) in [6.45, 7) is 0.103. The molecule has 0 aliphatic carbocycles. The Labute approximate surface area is 192 Å². The molecule has 33 heavy (non-hydrogen) atoms. The van der Waals surface area contributed by atoms with Gasteiger partial charge in [-0.2, -0.15) is 0 Å². The standard InChI is InChI=1S/C25H27N3O5/c1-33-25(32)27-15-20-11-12-21(28(20)23(30)16-27)24(31)26-14-22(29)19-9-7-18(8-10-19)13-17-5-3-2-4-6-17/h2-10,20-21H,11-16H2,1H3,(H,26,31). The largest absolute Gasteiger partial charge is 0.453 e. The molecular weight excluding hydrogens is 422 g/mol. The van der Waals surface area contributed by atoms with Gasteiger partial charge < -0.3 is 15.0 Å². The van der Waals surface area contributed by atoms with E-state index in [-0.39, 0.29) is 36.7 Å². The first kappa shape index (κ1) is 22.5. The topological polar surface area (TPSA) is 96.0 Å². The van der Waals surface area contributed by atoms with E-state index < -0.39 is 12.1 Å². The summed E-state index contributed by atoms with van der Waals surface area (Å²) >= 11 is 0. The Balaban J connectivity index is 1.30. The summed E-state index contributed by atoms with van der Waals surface area (Å²) in [7, 11) is 1.28. The van der Waals surface area contributed by atoms with Crippen LogP contribution in [0.25, 0.3) is 0 Å². The number of hydrogen-bond acceptors (Lipinski definition) is 5. The van der Waals surface area contributed by atoms with E-state index in [1.807, 2.05) is 30.3 Å². The zero-order valence-electron chi connectivity index (χ0n) is 18.5. The lowest BCUT2D eigenvalue weighted by atomic mass is 10.0. The number of ketones is 1. The second-order valence-electron chi connectivity index (χ2n) is 8.40. The van der Waals surface area contributed by atoms with Crippen molar-refractivity contribution < 1.29 is 23.9 Å². The molecule has 2 atom stereocenters. The van der Waals surface area contributed by atoms with Crippen LogP contribution in [0, 0.1) is 0 Å². The number of piperazine rings is 1. The number of fused-ring (bicyclic) bond motifs is 1. The average Bonchev–Trinajstić information content (AvgIpc) is 3.28. The molecule has 2 aromatic carbocycles. The van der Waals surface area contributed by atoms with Crippen molar-refractivity contribution in [3.05, 3.63) is 71.3 Å². The molecule has 8 nitrogen and oxygen atoms in total. The smallest absolute Gasteiger partial charge is 0.410 e. The number of rotatable bonds is 6. The fourth-order valence-electron chi connectivity index (χ4n) is 4.56. The summed E-state index contributed by atoms with van der Waals surface area (Å²) in [5.74, 6) is -0.813. The van der Waals surface area contributed by atoms with Crippen molar-refractivity contribution in [3.63, 3.8) is 0 Å². The molecule has 2 aliphatic heterocycles. The van der Waals surface area contributed by atoms with Crippen molar-refractivity contribution in [3.8, 4) is 0 Å². The van der Waals surface area contributed by atoms with Crippen molar-refractivity contribution >= 4 is 23.7 Å². The highest BCUT2D eigenvalue weighted by molar-refractivity contribution is 6.00. The summed E-state index contributed by atoms with van der Waals surface area (Å²) in [6.07, 6.45) is 1.36. The van der Waals surface area contributed by atoms with E-state index in [1.165, 1.54) is 17.6 Å². The quantitative estimate of drug-likeness (QED) is 0.681. The highest BCUT2D eigenvalue weighted by atomic mass is 16.5. The summed E-state index contributed by atoms with van der Waals surface area (Å²) in [5, 5.41) is 2.69. The molecule has 2 fully saturated rings. The third-order valence-corrected chi connectivity index (χ3v) is 6.23. The minimum Gasteiger partial charge on any atom is -0.453 e. The number of ether oxygens (including phenoxy) is 1. The highest BCUT2D eigenvalue weighted by Crippen LogP contribution is 2.28. The van der Waals surface area contributed by atoms with Crippen LogP contribution < -0.4 is 5.32 Å². The van der Waals surface area contributed by atoms with E-state index in [0.717, 1.165) is 12.0 Å². The number of carbonyl (C=O) groups is 4. The molecule has 1 N–H and O–H groups in total. The van der Waals surface area contributed by atoms with Crippen LogP contribution in [0.2, 0.25) is 0 Å². The van der Waals surface area contributed by atoms with Gasteiger partial charge in [0.15, 0.2) is 5.78 Å². The van der Waals surface area contributed by atoms with Crippen LogP contribution in [0.3, 0.4) is 0 Å². The fraction of sp³-hybridized carbons (Fsp3) is 0.360. The van der Waals surface area contributed by atoms with E-state index in [2.05, 4.69) is 17.4 Å². The number of Topliss-reactive ketones (excluding diaryl/α,β-unsaturated/α-hetero) is 1. The van der Waals surface area contributed by atoms with Gasteiger partial charge in [0, 0.05) is 12.1 Å². The highest BCUT2D eigenvalue weighted by Gasteiger charge is 2.45. The van der Waals surface area contributed by atoms with E-state index >= 15 is 0 Å². The van der Waals surface area contributed by atoms with E-state index in [4.69, 9.17) is 4.74 Å². The van der Waals surface area contributed by atoms with Gasteiger partial charge in [-0.1, -0.05) is 54.6 Å². The lowest BCUT2D eigenvalue weighted by Gasteiger charge is -2.38. The molecule has 0 spiro atoms. The van der Waals surface area contributed by atoms with Gasteiger partial charge in [-0.05, 0) is 30.4 Å². The van der Waals surface area contributed by atoms with Gasteiger partial charge in [-0.15, -0.1) is 0 Å². The maximum Gasteiger partial charge on any atom is 0.410 e. The fourth-order valence-corrected chi connectivity index (χ4v) is 4.56. The molecule has 2 aromatic rings. The van der Waals surface area contributed by atoms with E-state index in [0.29, 0.717) is 24.9 Å². The Morgan fingerprint density at radius 3 is 2.39 bits per heavy atom. The van der Waals surface area contributed by atoms with Crippen LogP contribution in [0.1, 0.15) is 34.3 Å². The number of nitrogens with one attached hydrogen (secondary N) is 1. The van der Waals surface area contributed by atoms with Gasteiger partial charge in [0.05, 0.1) is 19.7 Å². The lowest BCUT2D eigenvalue weighted by molar-refractivity contribution is -0.144. The Morgan fingerprint density at radius 2 is 1.70 bits per heavy atom. The minimum atomic E-state index is -0.622. The molecule has 0 saturated carbocycles. The second-order valence-corrected chi connectivity index (χ2v) is 8.40. The molecule has 2 unspecified atom stereocenters. The minimum absolute atomic E-state index is 0.110. The number of methoxy groups -OCH3 is 1. The molecule has 0 bridgehead atoms. The summed E-state index contributed by atoms with van der Waals surface area (Å²) in [5.41, 5.74) is 2.82. The van der Waals surface area contributed by atoms with Crippen LogP contribution in [0.4, 0.5) is 4.79 Å². The molecule has 2 saturated heterocycles. The van der Waals surface area contributed by atoms with E-state index in [1.54, 1.807) is 17.0 Å². The zero-order valence-corrected chi connectivity index (χ0v) is 18.5. The van der Waals surface area contributed by atoms with Crippen LogP contribution in [-0.2, 0) is 20.7 Å². The SMILES string of the molecule is COC(=O)N1CC(=O)N2C(CCC2C(=O)NCC(=O)c2ccc(Cc3ccccc3)cc2)C1. The third kappa shape index (κ3) is 5.05. The number of benzene rings is 2. The van der Waals surface area contributed by atoms with Gasteiger partial charge in [0.2, 0.25) is 11.8 Å². The number of hydrogen-bond donors (Lipinski definition) is 1. The zero-order chi connectivity index (χ0) is 23.4. The van der Waals surface area contributed by atoms with Crippen molar-refractivity contribution in [2.45, 2.75) is 31.3 Å². The second kappa shape index (κ2) is 9.85. The molecule has 2 heterocycles. The van der Waals surface area contributed by atoms with E-state index in [9.17, 15) is 19.2 Å². The molecule has 8 heteroatoms. The molecule has 172 valence electrons. The summed E-state index contributed by atoms with van der Waals surface area (Å²) < 4.78 is 4.70. The predicted octanol–water partition coefficient (Wildman–Crippen LogP) is 2.02. The molecular formula is C25H27N3O5. The Morgan fingerprint density at radius 1 is 1.00 bits per heavy atom. The van der Waals surface area contributed by atoms with Crippen LogP contribution in [0.5, 0.6) is 0 Å². The van der Waals surface area contributed by atoms with Gasteiger partial charge in [-0.3, -0.25) is 19.3 Å². The van der Waals surface area contributed by atoms with Gasteiger partial charge in [-0.25, -0.2) is 4.79 Å². The van der Waals surface area contributed by atoms with Crippen molar-refractivity contribution in [2.24, 2.45) is 0 Å². The Kier molecular flexibility index (Phi) is 6.72. The van der Waals surface area contributed by atoms with Gasteiger partial charge >= 0.3 is 6.09 Å². The summed E-state index contributed by atoms with van der Waals surface area (Å²) in [6, 6.07) is 16.6. The van der Waals surface area contributed by atoms with Crippen molar-refractivity contribution in [1.29, 1.82) is 0 Å². The molecule has 0 aromatic heterocycles. The third-order valence-electron chi connectivity index (χ3n) is 6.23. The van der Waals surface area contributed by atoms with Crippen LogP contribution in [0.15, 0.2) is 54.6 Å². The normalized spacial score (nSPS) is 19.7. The first-order valence-electron chi connectivity index (χ1n) is 11.0. The first-order valence-corrected chi connectivity index (χ1v) is 11.0. The number of nitrogens with zero attached hydrogens (tertiary/aromatic N) is 2. The summed E-state index contributed by atoms with van der Waals surface area (Å²) in [4.78, 5) is 52.6. The Bertz CT molecular complexity index is 1040. The van der Waals surface area contributed by atoms with Crippen molar-refractivity contribution in [2.75, 3.05) is 26.7 Å². The molecule has 3 amide bonds. The first-order chi connectivity index (χ1) is 16.0. The predicted molar refractivity (Wildman–Crippen MR) is 121 cm³/mol. The van der Waals surface area contributed by atoms with Gasteiger partial charge in [0.1, 0.15) is 12.6 Å². The maximum atomic E-state index is 12.7.